The average molecular weight is 565 g/mol. The van der Waals surface area contributed by atoms with Crippen LogP contribution in [0.15, 0.2) is 42.6 Å². The summed E-state index contributed by atoms with van der Waals surface area (Å²) >= 11 is 0. The zero-order valence-electron chi connectivity index (χ0n) is 24.6. The van der Waals surface area contributed by atoms with Crippen molar-refractivity contribution in [3.8, 4) is 5.75 Å². The van der Waals surface area contributed by atoms with E-state index < -0.39 is 5.60 Å². The molecule has 2 aliphatic heterocycles. The Kier molecular flexibility index (Phi) is 9.30. The highest BCUT2D eigenvalue weighted by atomic mass is 16.6. The van der Waals surface area contributed by atoms with Crippen molar-refractivity contribution in [1.82, 2.24) is 19.7 Å². The maximum Gasteiger partial charge on any atom is 0.410 e. The lowest BCUT2D eigenvalue weighted by Crippen LogP contribution is -2.48. The molecule has 2 fully saturated rings. The van der Waals surface area contributed by atoms with Gasteiger partial charge in [0.1, 0.15) is 17.0 Å². The highest BCUT2D eigenvalue weighted by molar-refractivity contribution is 5.99. The van der Waals surface area contributed by atoms with E-state index in [9.17, 15) is 19.2 Å². The lowest BCUT2D eigenvalue weighted by Gasteiger charge is -2.37. The van der Waals surface area contributed by atoms with Crippen molar-refractivity contribution in [2.24, 2.45) is 5.92 Å². The van der Waals surface area contributed by atoms with Gasteiger partial charge in [0.2, 0.25) is 0 Å². The predicted molar refractivity (Wildman–Crippen MR) is 153 cm³/mol. The van der Waals surface area contributed by atoms with Crippen molar-refractivity contribution in [1.29, 1.82) is 0 Å². The number of aromatic nitrogens is 1. The predicted octanol–water partition coefficient (Wildman–Crippen LogP) is 4.30. The number of Topliss-reactive ketones (excluding diaryl/α,β-unsaturated/α-hetero) is 1. The molecule has 0 radical (unpaired) electrons. The molecule has 3 amide bonds. The van der Waals surface area contributed by atoms with Crippen molar-refractivity contribution in [3.63, 3.8) is 0 Å². The number of likely N-dealkylation sites (tertiary alicyclic amines) is 2. The Bertz CT molecular complexity index is 1240. The van der Waals surface area contributed by atoms with E-state index in [1.165, 1.54) is 6.20 Å². The minimum atomic E-state index is -0.547. The summed E-state index contributed by atoms with van der Waals surface area (Å²) in [5, 5.41) is 0. The molecule has 2 aromatic rings. The van der Waals surface area contributed by atoms with Crippen LogP contribution in [0.4, 0.5) is 4.79 Å². The van der Waals surface area contributed by atoms with Gasteiger partial charge in [-0.25, -0.2) is 4.79 Å². The van der Waals surface area contributed by atoms with Crippen LogP contribution in [0.3, 0.4) is 0 Å². The second-order valence-corrected chi connectivity index (χ2v) is 11.7. The van der Waals surface area contributed by atoms with Gasteiger partial charge < -0.3 is 24.2 Å². The molecule has 220 valence electrons. The van der Waals surface area contributed by atoms with E-state index in [1.807, 2.05) is 20.8 Å². The number of hydrogen-bond donors (Lipinski definition) is 0. The number of rotatable bonds is 6. The molecular formula is C31H40N4O6. The number of piperidine rings is 2. The fraction of sp³-hybridized carbons (Fsp3) is 0.516. The van der Waals surface area contributed by atoms with Crippen molar-refractivity contribution < 1.29 is 28.7 Å². The second-order valence-electron chi connectivity index (χ2n) is 11.7. The van der Waals surface area contributed by atoms with Crippen LogP contribution in [0.2, 0.25) is 0 Å². The first-order valence-corrected chi connectivity index (χ1v) is 14.2. The Morgan fingerprint density at radius 3 is 1.98 bits per heavy atom. The topological polar surface area (TPSA) is 109 Å². The monoisotopic (exact) mass is 564 g/mol. The lowest BCUT2D eigenvalue weighted by molar-refractivity contribution is 0.0159. The van der Waals surface area contributed by atoms with E-state index in [1.54, 1.807) is 65.3 Å². The molecule has 0 spiro atoms. The summed E-state index contributed by atoms with van der Waals surface area (Å²) < 4.78 is 10.6. The number of methoxy groups -OCH3 is 1. The van der Waals surface area contributed by atoms with E-state index in [0.29, 0.717) is 68.7 Å². The summed E-state index contributed by atoms with van der Waals surface area (Å²) in [6.07, 6.45) is 3.60. The molecule has 2 saturated heterocycles. The molecule has 10 heteroatoms. The lowest BCUT2D eigenvalue weighted by atomic mass is 9.88. The smallest absolute Gasteiger partial charge is 0.410 e. The second kappa shape index (κ2) is 12.7. The fourth-order valence-corrected chi connectivity index (χ4v) is 5.28. The molecule has 2 aliphatic rings. The minimum absolute atomic E-state index is 0.00980. The fourth-order valence-electron chi connectivity index (χ4n) is 5.28. The van der Waals surface area contributed by atoms with Gasteiger partial charge in [0.15, 0.2) is 5.78 Å². The molecule has 0 saturated carbocycles. The van der Waals surface area contributed by atoms with Crippen LogP contribution in [0.1, 0.15) is 77.7 Å². The van der Waals surface area contributed by atoms with Gasteiger partial charge in [-0.05, 0) is 82.9 Å². The normalized spacial score (nSPS) is 16.7. The number of carbonyl (C=O) groups excluding carboxylic acids is 4. The molecule has 0 N–H and O–H groups in total. The van der Waals surface area contributed by atoms with Crippen LogP contribution < -0.4 is 4.74 Å². The number of benzene rings is 1. The summed E-state index contributed by atoms with van der Waals surface area (Å²) in [6.45, 7) is 7.50. The standard InChI is InChI=1S/C31H40N4O6/c1-31(2,3)41-30(39)35-18-14-24(15-19-35)33(4)28(37)23-8-11-26(32-20-23)29(38)34-16-12-22(13-17-34)27(36)21-6-9-25(40-5)10-7-21/h6-11,20,22,24H,12-19H2,1-5H3. The number of nitrogens with zero attached hydrogens (tertiary/aromatic N) is 4. The third kappa shape index (κ3) is 7.42. The SMILES string of the molecule is COc1ccc(C(=O)C2CCN(C(=O)c3ccc(C(=O)N(C)C4CCN(C(=O)OC(C)(C)C)CC4)cn3)CC2)cc1. The molecule has 0 aliphatic carbocycles. The third-order valence-electron chi connectivity index (χ3n) is 7.74. The van der Waals surface area contributed by atoms with Gasteiger partial charge >= 0.3 is 6.09 Å². The van der Waals surface area contributed by atoms with Crippen LogP contribution in [0.5, 0.6) is 5.75 Å². The number of ketones is 1. The van der Waals surface area contributed by atoms with Gasteiger partial charge in [0.05, 0.1) is 12.7 Å². The van der Waals surface area contributed by atoms with Gasteiger partial charge in [0, 0.05) is 56.9 Å². The largest absolute Gasteiger partial charge is 0.497 e. The number of amides is 3. The van der Waals surface area contributed by atoms with Crippen LogP contribution in [0, 0.1) is 5.92 Å². The molecule has 0 atom stereocenters. The minimum Gasteiger partial charge on any atom is -0.497 e. The Morgan fingerprint density at radius 1 is 0.854 bits per heavy atom. The number of ether oxygens (including phenoxy) is 2. The first-order valence-electron chi connectivity index (χ1n) is 14.2. The van der Waals surface area contributed by atoms with Gasteiger partial charge in [-0.15, -0.1) is 0 Å². The molecule has 41 heavy (non-hydrogen) atoms. The van der Waals surface area contributed by atoms with Crippen molar-refractivity contribution >= 4 is 23.7 Å². The first kappa shape index (κ1) is 30.0. The first-order chi connectivity index (χ1) is 19.5. The Hall–Kier alpha value is -3.95. The summed E-state index contributed by atoms with van der Waals surface area (Å²) in [4.78, 5) is 60.8. The molecule has 10 nitrogen and oxygen atoms in total. The maximum absolute atomic E-state index is 13.1. The molecule has 3 heterocycles. The van der Waals surface area contributed by atoms with Gasteiger partial charge in [-0.1, -0.05) is 0 Å². The van der Waals surface area contributed by atoms with E-state index in [4.69, 9.17) is 9.47 Å². The molecule has 1 aromatic heterocycles. The average Bonchev–Trinajstić information content (AvgIpc) is 2.99. The van der Waals surface area contributed by atoms with Crippen LogP contribution in [0.25, 0.3) is 0 Å². The molecule has 0 unspecified atom stereocenters. The van der Waals surface area contributed by atoms with Crippen molar-refractivity contribution in [2.45, 2.75) is 58.1 Å². The maximum atomic E-state index is 13.1. The van der Waals surface area contributed by atoms with Crippen LogP contribution in [-0.2, 0) is 4.74 Å². The van der Waals surface area contributed by atoms with Gasteiger partial charge in [-0.2, -0.15) is 0 Å². The van der Waals surface area contributed by atoms with Crippen molar-refractivity contribution in [3.05, 3.63) is 59.4 Å². The van der Waals surface area contributed by atoms with Crippen LogP contribution in [-0.4, -0.2) is 95.4 Å². The molecular weight excluding hydrogens is 524 g/mol. The van der Waals surface area contributed by atoms with Crippen molar-refractivity contribution in [2.75, 3.05) is 40.3 Å². The molecule has 0 bridgehead atoms. The van der Waals surface area contributed by atoms with E-state index in [2.05, 4.69) is 4.98 Å². The van der Waals surface area contributed by atoms with Gasteiger partial charge in [0.25, 0.3) is 11.8 Å². The number of hydrogen-bond acceptors (Lipinski definition) is 7. The van der Waals surface area contributed by atoms with E-state index in [-0.39, 0.29) is 41.3 Å². The summed E-state index contributed by atoms with van der Waals surface area (Å²) in [5.74, 6) is 0.272. The van der Waals surface area contributed by atoms with Crippen LogP contribution >= 0.6 is 0 Å². The summed E-state index contributed by atoms with van der Waals surface area (Å²) in [5.41, 5.74) is 0.780. The summed E-state index contributed by atoms with van der Waals surface area (Å²) in [7, 11) is 3.34. The highest BCUT2D eigenvalue weighted by Crippen LogP contribution is 2.24. The molecule has 1 aromatic carbocycles. The summed E-state index contributed by atoms with van der Waals surface area (Å²) in [6, 6.07) is 10.3. The number of pyridine rings is 1. The van der Waals surface area contributed by atoms with Gasteiger partial charge in [-0.3, -0.25) is 19.4 Å². The Labute approximate surface area is 241 Å². The van der Waals surface area contributed by atoms with E-state index in [0.717, 1.165) is 0 Å². The highest BCUT2D eigenvalue weighted by Gasteiger charge is 2.31. The zero-order valence-corrected chi connectivity index (χ0v) is 24.6. The number of carbonyl (C=O) groups is 4. The Morgan fingerprint density at radius 2 is 1.44 bits per heavy atom. The third-order valence-corrected chi connectivity index (χ3v) is 7.74. The quantitative estimate of drug-likeness (QED) is 0.482. The van der Waals surface area contributed by atoms with E-state index >= 15 is 0 Å². The molecule has 4 rings (SSSR count). The Balaban J connectivity index is 1.27. The zero-order chi connectivity index (χ0) is 29.7.